The van der Waals surface area contributed by atoms with Crippen molar-refractivity contribution in [2.45, 2.75) is 51.0 Å². The molecule has 4 rings (SSSR count). The number of benzene rings is 1. The van der Waals surface area contributed by atoms with Gasteiger partial charge in [0.2, 0.25) is 5.28 Å². The van der Waals surface area contributed by atoms with Crippen LogP contribution < -0.4 is 9.64 Å². The van der Waals surface area contributed by atoms with Crippen molar-refractivity contribution in [1.29, 1.82) is 0 Å². The molecule has 0 bridgehead atoms. The first kappa shape index (κ1) is 19.0. The van der Waals surface area contributed by atoms with Crippen molar-refractivity contribution in [2.24, 2.45) is 0 Å². The number of fused-ring (bicyclic) bond motifs is 1. The Kier molecular flexibility index (Phi) is 5.40. The molecule has 2 heterocycles. The van der Waals surface area contributed by atoms with E-state index < -0.39 is 5.97 Å². The molecule has 148 valence electrons. The van der Waals surface area contributed by atoms with E-state index in [9.17, 15) is 4.79 Å². The summed E-state index contributed by atoms with van der Waals surface area (Å²) in [5.74, 6) is 1.19. The van der Waals surface area contributed by atoms with Crippen molar-refractivity contribution in [3.63, 3.8) is 0 Å². The molecular formula is C21H24ClN3O3. The first-order chi connectivity index (χ1) is 13.5. The van der Waals surface area contributed by atoms with Gasteiger partial charge in [0.05, 0.1) is 6.42 Å². The molecule has 1 fully saturated rings. The smallest absolute Gasteiger partial charge is 0.303 e. The van der Waals surface area contributed by atoms with Crippen molar-refractivity contribution in [1.82, 2.24) is 9.97 Å². The van der Waals surface area contributed by atoms with Crippen LogP contribution in [0.4, 0.5) is 5.82 Å². The monoisotopic (exact) mass is 401 g/mol. The molecule has 0 radical (unpaired) electrons. The fourth-order valence-electron chi connectivity index (χ4n) is 4.29. The average Bonchev–Trinajstić information content (AvgIpc) is 3.06. The van der Waals surface area contributed by atoms with E-state index in [-0.39, 0.29) is 23.7 Å². The van der Waals surface area contributed by atoms with Gasteiger partial charge < -0.3 is 14.7 Å². The van der Waals surface area contributed by atoms with Gasteiger partial charge in [-0.1, -0.05) is 6.07 Å². The Bertz CT molecular complexity index is 881. The summed E-state index contributed by atoms with van der Waals surface area (Å²) < 4.78 is 6.23. The van der Waals surface area contributed by atoms with E-state index in [1.165, 1.54) is 11.1 Å². The van der Waals surface area contributed by atoms with Gasteiger partial charge in [-0.3, -0.25) is 4.79 Å². The molecule has 0 amide bonds. The Labute approximate surface area is 169 Å². The number of carbonyl (C=O) groups is 1. The summed E-state index contributed by atoms with van der Waals surface area (Å²) in [5.41, 5.74) is 3.42. The zero-order valence-electron chi connectivity index (χ0n) is 15.9. The van der Waals surface area contributed by atoms with Gasteiger partial charge in [0.1, 0.15) is 17.7 Å². The molecule has 1 aliphatic carbocycles. The number of carboxylic acids is 1. The van der Waals surface area contributed by atoms with Crippen molar-refractivity contribution in [2.75, 3.05) is 18.0 Å². The minimum atomic E-state index is -0.731. The molecule has 1 aromatic heterocycles. The summed E-state index contributed by atoms with van der Waals surface area (Å²) in [6.45, 7) is 3.73. The molecule has 1 aliphatic heterocycles. The van der Waals surface area contributed by atoms with Crippen LogP contribution in [-0.2, 0) is 11.2 Å². The standard InChI is InChI=1S/C21H24ClN3O3/c1-13-12-23-21(22)24-20(13)25-8-6-16(7-9-25)28-17-4-5-18-14(10-17)2-3-15(18)11-19(26)27/h4-5,10,12,15-16H,2-3,6-9,11H2,1H3,(H,26,27)/t15-/m0/s1. The number of aliphatic carboxylic acids is 1. The molecule has 7 heteroatoms. The Morgan fingerprint density at radius 2 is 2.11 bits per heavy atom. The molecule has 0 spiro atoms. The van der Waals surface area contributed by atoms with E-state index >= 15 is 0 Å². The SMILES string of the molecule is Cc1cnc(Cl)nc1N1CCC(Oc2ccc3c(c2)CC[C@H]3CC(=O)O)CC1. The second kappa shape index (κ2) is 7.95. The lowest BCUT2D eigenvalue weighted by molar-refractivity contribution is -0.137. The number of carboxylic acid groups (broad SMARTS) is 1. The zero-order valence-corrected chi connectivity index (χ0v) is 16.7. The molecule has 1 atom stereocenters. The highest BCUT2D eigenvalue weighted by molar-refractivity contribution is 6.28. The third-order valence-electron chi connectivity index (χ3n) is 5.70. The van der Waals surface area contributed by atoms with Crippen LogP contribution in [0, 0.1) is 6.92 Å². The van der Waals surface area contributed by atoms with Crippen LogP contribution in [-0.4, -0.2) is 40.2 Å². The van der Waals surface area contributed by atoms with Crippen molar-refractivity contribution < 1.29 is 14.6 Å². The molecule has 28 heavy (non-hydrogen) atoms. The minimum absolute atomic E-state index is 0.132. The Hall–Kier alpha value is -2.34. The highest BCUT2D eigenvalue weighted by atomic mass is 35.5. The Morgan fingerprint density at radius 1 is 1.32 bits per heavy atom. The number of piperidine rings is 1. The number of nitrogens with zero attached hydrogens (tertiary/aromatic N) is 3. The van der Waals surface area contributed by atoms with E-state index in [0.717, 1.165) is 55.9 Å². The van der Waals surface area contributed by atoms with Gasteiger partial charge in [-0.25, -0.2) is 9.97 Å². The van der Waals surface area contributed by atoms with E-state index in [0.29, 0.717) is 0 Å². The number of anilines is 1. The summed E-state index contributed by atoms with van der Waals surface area (Å²) in [5, 5.41) is 9.34. The molecule has 6 nitrogen and oxygen atoms in total. The third kappa shape index (κ3) is 4.07. The molecule has 0 saturated carbocycles. The lowest BCUT2D eigenvalue weighted by Crippen LogP contribution is -2.39. The van der Waals surface area contributed by atoms with E-state index in [2.05, 4.69) is 20.9 Å². The highest BCUT2D eigenvalue weighted by Crippen LogP contribution is 2.37. The number of hydrogen-bond donors (Lipinski definition) is 1. The lowest BCUT2D eigenvalue weighted by Gasteiger charge is -2.33. The van der Waals surface area contributed by atoms with Gasteiger partial charge in [0.15, 0.2) is 0 Å². The van der Waals surface area contributed by atoms with E-state index in [1.807, 2.05) is 19.1 Å². The predicted octanol–water partition coefficient (Wildman–Crippen LogP) is 3.99. The van der Waals surface area contributed by atoms with Crippen LogP contribution in [0.15, 0.2) is 24.4 Å². The minimum Gasteiger partial charge on any atom is -0.490 e. The normalized spacial score (nSPS) is 19.5. The maximum Gasteiger partial charge on any atom is 0.303 e. The van der Waals surface area contributed by atoms with Crippen LogP contribution in [0.1, 0.15) is 48.3 Å². The number of ether oxygens (including phenoxy) is 1. The van der Waals surface area contributed by atoms with Crippen molar-refractivity contribution >= 4 is 23.4 Å². The molecule has 2 aromatic rings. The number of halogens is 1. The Balaban J connectivity index is 1.37. The predicted molar refractivity (Wildman–Crippen MR) is 107 cm³/mol. The molecule has 1 N–H and O–H groups in total. The average molecular weight is 402 g/mol. The lowest BCUT2D eigenvalue weighted by atomic mass is 9.98. The fraction of sp³-hybridized carbons (Fsp3) is 0.476. The summed E-state index contributed by atoms with van der Waals surface area (Å²) >= 11 is 5.95. The second-order valence-electron chi connectivity index (χ2n) is 7.64. The van der Waals surface area contributed by atoms with Gasteiger partial charge in [-0.05, 0) is 60.5 Å². The number of hydrogen-bond acceptors (Lipinski definition) is 5. The fourth-order valence-corrected chi connectivity index (χ4v) is 4.42. The number of rotatable bonds is 5. The van der Waals surface area contributed by atoms with Gasteiger partial charge in [-0.2, -0.15) is 0 Å². The summed E-state index contributed by atoms with van der Waals surface area (Å²) in [7, 11) is 0. The molecular weight excluding hydrogens is 378 g/mol. The maximum atomic E-state index is 11.0. The topological polar surface area (TPSA) is 75.5 Å². The van der Waals surface area contributed by atoms with Gasteiger partial charge in [0.25, 0.3) is 0 Å². The summed E-state index contributed by atoms with van der Waals surface area (Å²) in [6.07, 6.45) is 5.80. The van der Waals surface area contributed by atoms with Crippen LogP contribution in [0.5, 0.6) is 5.75 Å². The third-order valence-corrected chi connectivity index (χ3v) is 5.88. The van der Waals surface area contributed by atoms with Crippen LogP contribution >= 0.6 is 11.6 Å². The quantitative estimate of drug-likeness (QED) is 0.763. The van der Waals surface area contributed by atoms with Gasteiger partial charge in [0, 0.05) is 37.7 Å². The molecule has 1 saturated heterocycles. The summed E-state index contributed by atoms with van der Waals surface area (Å²) in [6, 6.07) is 6.13. The zero-order chi connectivity index (χ0) is 19.7. The van der Waals surface area contributed by atoms with Crippen LogP contribution in [0.25, 0.3) is 0 Å². The first-order valence-electron chi connectivity index (χ1n) is 9.75. The van der Waals surface area contributed by atoms with Crippen molar-refractivity contribution in [3.05, 3.63) is 46.4 Å². The highest BCUT2D eigenvalue weighted by Gasteiger charge is 2.26. The maximum absolute atomic E-state index is 11.0. The molecule has 0 unspecified atom stereocenters. The molecule has 2 aliphatic rings. The second-order valence-corrected chi connectivity index (χ2v) is 7.98. The summed E-state index contributed by atoms with van der Waals surface area (Å²) in [4.78, 5) is 21.7. The van der Waals surface area contributed by atoms with E-state index in [1.54, 1.807) is 6.20 Å². The first-order valence-corrected chi connectivity index (χ1v) is 10.1. The Morgan fingerprint density at radius 3 is 2.86 bits per heavy atom. The van der Waals surface area contributed by atoms with E-state index in [4.69, 9.17) is 21.4 Å². The van der Waals surface area contributed by atoms with Crippen molar-refractivity contribution in [3.8, 4) is 5.75 Å². The largest absolute Gasteiger partial charge is 0.490 e. The number of aromatic nitrogens is 2. The number of aryl methyl sites for hydroxylation is 2. The molecule has 1 aromatic carbocycles. The van der Waals surface area contributed by atoms with Crippen LogP contribution in [0.3, 0.4) is 0 Å². The van der Waals surface area contributed by atoms with Crippen LogP contribution in [0.2, 0.25) is 5.28 Å². The van der Waals surface area contributed by atoms with Gasteiger partial charge in [-0.15, -0.1) is 0 Å². The van der Waals surface area contributed by atoms with Gasteiger partial charge >= 0.3 is 5.97 Å².